The van der Waals surface area contributed by atoms with E-state index in [1.807, 2.05) is 40.4 Å². The van der Waals surface area contributed by atoms with Gasteiger partial charge in [-0.05, 0) is 38.1 Å². The number of aromatic nitrogens is 4. The number of imidazole rings is 1. The largest absolute Gasteiger partial charge is 0.280 e. The highest BCUT2D eigenvalue weighted by Crippen LogP contribution is 2.25. The minimum atomic E-state index is 0.348. The molecule has 4 nitrogen and oxygen atoms in total. The fourth-order valence-corrected chi connectivity index (χ4v) is 2.69. The first-order valence-electron chi connectivity index (χ1n) is 6.42. The van der Waals surface area contributed by atoms with E-state index in [9.17, 15) is 0 Å². The van der Waals surface area contributed by atoms with Gasteiger partial charge in [-0.1, -0.05) is 11.6 Å². The number of nitrogens with zero attached hydrogens (tertiary/aromatic N) is 4. The molecule has 2 heterocycles. The third-order valence-electron chi connectivity index (χ3n) is 3.28. The molecule has 2 aromatic heterocycles. The van der Waals surface area contributed by atoms with Crippen molar-refractivity contribution in [1.82, 2.24) is 19.3 Å². The van der Waals surface area contributed by atoms with Gasteiger partial charge in [0.2, 0.25) is 0 Å². The van der Waals surface area contributed by atoms with Crippen molar-refractivity contribution in [3.05, 3.63) is 40.8 Å². The number of rotatable bonds is 3. The maximum Gasteiger partial charge on any atom is 0.163 e. The fourth-order valence-electron chi connectivity index (χ4n) is 2.38. The molecule has 0 unspecified atom stereocenters. The van der Waals surface area contributed by atoms with Crippen LogP contribution >= 0.6 is 23.2 Å². The number of hydrogen-bond acceptors (Lipinski definition) is 2. The van der Waals surface area contributed by atoms with Crippen LogP contribution in [0.3, 0.4) is 0 Å². The number of benzene rings is 1. The molecule has 0 atom stereocenters. The number of aryl methyl sites for hydroxylation is 2. The lowest BCUT2D eigenvalue weighted by molar-refractivity contribution is 0.660. The molecule has 0 aliphatic rings. The molecule has 20 heavy (non-hydrogen) atoms. The lowest BCUT2D eigenvalue weighted by atomic mass is 10.3. The van der Waals surface area contributed by atoms with Crippen molar-refractivity contribution in [2.45, 2.75) is 26.3 Å². The Balaban J connectivity index is 2.34. The molecule has 3 aromatic rings. The number of fused-ring (bicyclic) bond motifs is 1. The Morgan fingerprint density at radius 3 is 2.50 bits per heavy atom. The van der Waals surface area contributed by atoms with Crippen LogP contribution in [-0.2, 0) is 12.4 Å². The van der Waals surface area contributed by atoms with E-state index in [1.165, 1.54) is 0 Å². The molecule has 0 fully saturated rings. The molecule has 3 rings (SSSR count). The highest BCUT2D eigenvalue weighted by molar-refractivity contribution is 6.30. The molecule has 1 aromatic carbocycles. The van der Waals surface area contributed by atoms with Crippen LogP contribution in [0.2, 0.25) is 5.02 Å². The van der Waals surface area contributed by atoms with Gasteiger partial charge in [0.1, 0.15) is 11.3 Å². The van der Waals surface area contributed by atoms with Crippen molar-refractivity contribution >= 4 is 34.4 Å². The second-order valence-corrected chi connectivity index (χ2v) is 5.25. The van der Waals surface area contributed by atoms with Gasteiger partial charge >= 0.3 is 0 Å². The van der Waals surface area contributed by atoms with Crippen molar-refractivity contribution in [2.75, 3.05) is 0 Å². The summed E-state index contributed by atoms with van der Waals surface area (Å²) in [6.45, 7) is 4.81. The zero-order valence-electron chi connectivity index (χ0n) is 11.3. The van der Waals surface area contributed by atoms with Crippen molar-refractivity contribution in [3.63, 3.8) is 0 Å². The first-order valence-corrected chi connectivity index (χ1v) is 7.33. The first kappa shape index (κ1) is 13.5. The Kier molecular flexibility index (Phi) is 3.44. The van der Waals surface area contributed by atoms with E-state index >= 15 is 0 Å². The van der Waals surface area contributed by atoms with Gasteiger partial charge in [-0.25, -0.2) is 9.67 Å². The molecule has 0 saturated heterocycles. The van der Waals surface area contributed by atoms with Crippen LogP contribution in [0.15, 0.2) is 24.3 Å². The number of hydrogen-bond donors (Lipinski definition) is 0. The van der Waals surface area contributed by atoms with Gasteiger partial charge in [-0.15, -0.1) is 11.6 Å². The van der Waals surface area contributed by atoms with Crippen LogP contribution in [0, 0.1) is 6.92 Å². The fraction of sp³-hybridized carbons (Fsp3) is 0.286. The topological polar surface area (TPSA) is 35.6 Å². The standard InChI is InChI=1S/C14H14Cl2N4/c1-3-19-14-13(9(2)18-19)17-12(8-15)20(14)11-6-4-10(16)5-7-11/h4-7H,3,8H2,1-2H3. The summed E-state index contributed by atoms with van der Waals surface area (Å²) >= 11 is 12.0. The van der Waals surface area contributed by atoms with Crippen LogP contribution in [-0.4, -0.2) is 19.3 Å². The summed E-state index contributed by atoms with van der Waals surface area (Å²) in [5, 5.41) is 5.22. The van der Waals surface area contributed by atoms with E-state index in [2.05, 4.69) is 17.0 Å². The lowest BCUT2D eigenvalue weighted by Gasteiger charge is -2.09. The lowest BCUT2D eigenvalue weighted by Crippen LogP contribution is -2.06. The minimum Gasteiger partial charge on any atom is -0.280 e. The Morgan fingerprint density at radius 1 is 1.20 bits per heavy atom. The quantitative estimate of drug-likeness (QED) is 0.687. The maximum atomic E-state index is 6.05. The van der Waals surface area contributed by atoms with Crippen molar-refractivity contribution in [2.24, 2.45) is 0 Å². The average Bonchev–Trinajstić information content (AvgIpc) is 2.97. The predicted molar refractivity (Wildman–Crippen MR) is 81.8 cm³/mol. The summed E-state index contributed by atoms with van der Waals surface area (Å²) in [5.41, 5.74) is 3.78. The molecule has 0 spiro atoms. The van der Waals surface area contributed by atoms with Crippen molar-refractivity contribution in [1.29, 1.82) is 0 Å². The third kappa shape index (κ3) is 2.00. The molecular weight excluding hydrogens is 295 g/mol. The predicted octanol–water partition coefficient (Wildman–Crippen LogP) is 3.94. The molecule has 0 saturated carbocycles. The van der Waals surface area contributed by atoms with Gasteiger partial charge in [-0.3, -0.25) is 4.57 Å². The van der Waals surface area contributed by atoms with Gasteiger partial charge in [0, 0.05) is 17.3 Å². The molecule has 0 N–H and O–H groups in total. The molecule has 0 bridgehead atoms. The van der Waals surface area contributed by atoms with E-state index < -0.39 is 0 Å². The Hall–Kier alpha value is -1.52. The summed E-state index contributed by atoms with van der Waals surface area (Å²) in [4.78, 5) is 4.61. The Labute approximate surface area is 126 Å². The molecule has 104 valence electrons. The second kappa shape index (κ2) is 5.11. The van der Waals surface area contributed by atoms with E-state index in [1.54, 1.807) is 0 Å². The van der Waals surface area contributed by atoms with Crippen molar-refractivity contribution < 1.29 is 0 Å². The first-order chi connectivity index (χ1) is 9.65. The summed E-state index contributed by atoms with van der Waals surface area (Å²) < 4.78 is 3.99. The summed E-state index contributed by atoms with van der Waals surface area (Å²) in [6, 6.07) is 7.64. The highest BCUT2D eigenvalue weighted by atomic mass is 35.5. The van der Waals surface area contributed by atoms with E-state index in [-0.39, 0.29) is 0 Å². The third-order valence-corrected chi connectivity index (χ3v) is 3.78. The van der Waals surface area contributed by atoms with Crippen LogP contribution in [0.1, 0.15) is 18.4 Å². The smallest absolute Gasteiger partial charge is 0.163 e. The number of alkyl halides is 1. The Bertz CT molecular complexity index is 756. The molecule has 0 radical (unpaired) electrons. The van der Waals surface area contributed by atoms with Gasteiger partial charge in [0.25, 0.3) is 0 Å². The monoisotopic (exact) mass is 308 g/mol. The second-order valence-electron chi connectivity index (χ2n) is 4.55. The van der Waals surface area contributed by atoms with Crippen LogP contribution in [0.25, 0.3) is 16.9 Å². The van der Waals surface area contributed by atoms with E-state index in [4.69, 9.17) is 23.2 Å². The molecule has 0 amide bonds. The van der Waals surface area contributed by atoms with Gasteiger partial charge in [0.05, 0.1) is 11.6 Å². The Morgan fingerprint density at radius 2 is 1.90 bits per heavy atom. The van der Waals surface area contributed by atoms with Crippen LogP contribution < -0.4 is 0 Å². The molecule has 0 aliphatic heterocycles. The zero-order chi connectivity index (χ0) is 14.3. The van der Waals surface area contributed by atoms with E-state index in [0.29, 0.717) is 10.9 Å². The zero-order valence-corrected chi connectivity index (χ0v) is 12.8. The molecule has 0 aliphatic carbocycles. The van der Waals surface area contributed by atoms with E-state index in [0.717, 1.165) is 34.9 Å². The maximum absolute atomic E-state index is 6.05. The van der Waals surface area contributed by atoms with Crippen molar-refractivity contribution in [3.8, 4) is 5.69 Å². The van der Waals surface area contributed by atoms with Crippen LogP contribution in [0.4, 0.5) is 0 Å². The van der Waals surface area contributed by atoms with Gasteiger partial charge < -0.3 is 0 Å². The summed E-state index contributed by atoms with van der Waals surface area (Å²) in [7, 11) is 0. The molecule has 6 heteroatoms. The normalized spacial score (nSPS) is 11.4. The molecular formula is C14H14Cl2N4. The summed E-state index contributed by atoms with van der Waals surface area (Å²) in [5.74, 6) is 1.16. The minimum absolute atomic E-state index is 0.348. The van der Waals surface area contributed by atoms with Gasteiger partial charge in [-0.2, -0.15) is 5.10 Å². The van der Waals surface area contributed by atoms with Crippen LogP contribution in [0.5, 0.6) is 0 Å². The highest BCUT2D eigenvalue weighted by Gasteiger charge is 2.18. The average molecular weight is 309 g/mol. The SMILES string of the molecule is CCn1nc(C)c2nc(CCl)n(-c3ccc(Cl)cc3)c21. The number of halogens is 2. The summed E-state index contributed by atoms with van der Waals surface area (Å²) in [6.07, 6.45) is 0. The van der Waals surface area contributed by atoms with Gasteiger partial charge in [0.15, 0.2) is 5.65 Å².